The third-order valence-electron chi connectivity index (χ3n) is 13.1. The Morgan fingerprint density at radius 3 is 0.569 bits per heavy atom. The third kappa shape index (κ3) is 9.16. The molecule has 11 rings (SSSR count). The molecule has 0 radical (unpaired) electrons. The molecule has 0 aliphatic heterocycles. The Morgan fingerprint density at radius 2 is 0.361 bits per heavy atom. The average molecular weight is 980 g/mol. The van der Waals surface area contributed by atoms with Crippen molar-refractivity contribution in [2.75, 3.05) is 0 Å². The smallest absolute Gasteiger partial charge is 0.0652 e. The van der Waals surface area contributed by atoms with Gasteiger partial charge < -0.3 is 0 Å². The maximum Gasteiger partial charge on any atom is 0.0652 e. The lowest BCUT2D eigenvalue weighted by Gasteiger charge is -2.28. The molecule has 0 aliphatic carbocycles. The van der Waals surface area contributed by atoms with Crippen molar-refractivity contribution in [1.29, 1.82) is 0 Å². The van der Waals surface area contributed by atoms with Gasteiger partial charge in [0.25, 0.3) is 0 Å². The number of hydrogen-bond acceptors (Lipinski definition) is 3. The first-order valence-electron chi connectivity index (χ1n) is 24.3. The summed E-state index contributed by atoms with van der Waals surface area (Å²) in [5.41, 5.74) is 4.71. The lowest BCUT2D eigenvalue weighted by atomic mass is 10.0. The predicted octanol–water partition coefficient (Wildman–Crippen LogP) is 14.8. The van der Waals surface area contributed by atoms with Crippen LogP contribution >= 0.6 is 21.2 Å². The van der Waals surface area contributed by atoms with E-state index in [9.17, 15) is 0 Å². The molecule has 0 amide bonds. The Morgan fingerprint density at radius 1 is 0.167 bits per heavy atom. The van der Waals surface area contributed by atoms with Crippen molar-refractivity contribution in [2.24, 2.45) is 14.2 Å². The van der Waals surface area contributed by atoms with Crippen LogP contribution in [0.1, 0.15) is 0 Å². The second kappa shape index (κ2) is 21.2. The van der Waals surface area contributed by atoms with Crippen LogP contribution < -0.4 is 47.7 Å². The predicted molar refractivity (Wildman–Crippen MR) is 314 cm³/mol. The number of benzene rings is 11. The Hall–Kier alpha value is -7.89. The summed E-state index contributed by atoms with van der Waals surface area (Å²) in [4.78, 5) is 0. The molecular weight excluding hydrogens is 928 g/mol. The maximum atomic E-state index is 6.11. The second-order valence-corrected chi connectivity index (χ2v) is 26.6. The molecule has 11 aromatic carbocycles. The summed E-state index contributed by atoms with van der Waals surface area (Å²) in [6, 6.07) is 113. The molecule has 0 saturated heterocycles. The molecule has 3 nitrogen and oxygen atoms in total. The molecule has 0 unspecified atom stereocenters. The van der Waals surface area contributed by atoms with Gasteiger partial charge in [-0.25, -0.2) is 0 Å². The van der Waals surface area contributed by atoms with Crippen LogP contribution in [0.5, 0.6) is 0 Å². The van der Waals surface area contributed by atoms with E-state index in [1.165, 1.54) is 47.7 Å². The molecule has 0 spiro atoms. The van der Waals surface area contributed by atoms with Crippen molar-refractivity contribution in [3.63, 3.8) is 0 Å². The van der Waals surface area contributed by atoms with E-state index >= 15 is 0 Å². The van der Waals surface area contributed by atoms with Gasteiger partial charge in [-0.1, -0.05) is 285 Å². The van der Waals surface area contributed by atoms with Crippen molar-refractivity contribution in [3.05, 3.63) is 315 Å². The van der Waals surface area contributed by atoms with Crippen LogP contribution in [0.3, 0.4) is 0 Å². The SMILES string of the molecule is c1ccc(P(=Nc2ccc(-c3cc(N=P(c4ccccc4)(c4ccccc4)c4ccccc4)cc(N=P(c4ccccc4)(c4ccccc4)c4ccccc4)c3)cc2)(c2ccccc2)c2ccccc2)cc1. The fraction of sp³-hybridized carbons (Fsp3) is 0. The van der Waals surface area contributed by atoms with Crippen LogP contribution in [-0.4, -0.2) is 0 Å². The molecule has 0 aliphatic rings. The molecule has 0 aromatic heterocycles. The van der Waals surface area contributed by atoms with E-state index in [1.807, 2.05) is 0 Å². The minimum atomic E-state index is -2.67. The lowest BCUT2D eigenvalue weighted by Crippen LogP contribution is -2.25. The minimum Gasteiger partial charge on any atom is -0.254 e. The summed E-state index contributed by atoms with van der Waals surface area (Å²) in [5.74, 6) is 0. The quantitative estimate of drug-likeness (QED) is 0.103. The summed E-state index contributed by atoms with van der Waals surface area (Å²) < 4.78 is 18.1. The van der Waals surface area contributed by atoms with E-state index in [0.29, 0.717) is 0 Å². The van der Waals surface area contributed by atoms with Crippen molar-refractivity contribution in [3.8, 4) is 11.1 Å². The van der Waals surface area contributed by atoms with Crippen LogP contribution in [-0.2, 0) is 0 Å². The molecule has 6 heteroatoms. The van der Waals surface area contributed by atoms with Gasteiger partial charge in [0.2, 0.25) is 0 Å². The van der Waals surface area contributed by atoms with Gasteiger partial charge in [0.15, 0.2) is 0 Å². The van der Waals surface area contributed by atoms with Gasteiger partial charge in [-0.15, -0.1) is 0 Å². The summed E-state index contributed by atoms with van der Waals surface area (Å²) in [6.45, 7) is 0. The fourth-order valence-corrected chi connectivity index (χ4v) is 20.3. The molecule has 0 atom stereocenters. The monoisotopic (exact) mass is 979 g/mol. The summed E-state index contributed by atoms with van der Waals surface area (Å²) in [5, 5.41) is 10.7. The highest BCUT2D eigenvalue weighted by Crippen LogP contribution is 2.54. The first-order chi connectivity index (χ1) is 35.6. The first kappa shape index (κ1) is 46.5. The standard InChI is InChI=1S/C66H52N3P3/c1-10-28-58(29-11-1)70(59-30-12-2-13-31-59,60-32-14-3-15-33-60)67-55-48-46-53(47-49-55)54-50-56(68-71(61-34-16-4-17-35-61,62-36-18-5-19-37-62)63-38-20-6-21-39-63)52-57(51-54)69-72(64-40-22-7-23-41-64,65-42-24-8-25-43-65)66-44-26-9-27-45-66/h1-52H. The summed E-state index contributed by atoms with van der Waals surface area (Å²) >= 11 is 0. The Balaban J connectivity index is 1.20. The molecule has 346 valence electrons. The van der Waals surface area contributed by atoms with E-state index in [-0.39, 0.29) is 0 Å². The highest BCUT2D eigenvalue weighted by molar-refractivity contribution is 7.88. The zero-order valence-corrected chi connectivity index (χ0v) is 42.4. The van der Waals surface area contributed by atoms with Gasteiger partial charge in [-0.3, -0.25) is 14.2 Å². The molecule has 0 heterocycles. The molecule has 0 saturated carbocycles. The topological polar surface area (TPSA) is 37.1 Å². The van der Waals surface area contributed by atoms with E-state index < -0.39 is 21.2 Å². The van der Waals surface area contributed by atoms with Gasteiger partial charge in [0.1, 0.15) is 0 Å². The second-order valence-electron chi connectivity index (χ2n) is 17.5. The fourth-order valence-electron chi connectivity index (χ4n) is 9.77. The molecule has 72 heavy (non-hydrogen) atoms. The molecular formula is C66H52N3P3. The van der Waals surface area contributed by atoms with Gasteiger partial charge in [0, 0.05) is 47.7 Å². The van der Waals surface area contributed by atoms with Crippen LogP contribution in [0.25, 0.3) is 11.1 Å². The number of hydrogen-bond donors (Lipinski definition) is 0. The van der Waals surface area contributed by atoms with Crippen molar-refractivity contribution in [2.45, 2.75) is 0 Å². The molecule has 0 fully saturated rings. The zero-order valence-electron chi connectivity index (χ0n) is 39.7. The third-order valence-corrected chi connectivity index (χ3v) is 24.1. The lowest BCUT2D eigenvalue weighted by molar-refractivity contribution is 1.48. The zero-order chi connectivity index (χ0) is 48.5. The van der Waals surface area contributed by atoms with Crippen LogP contribution in [0.4, 0.5) is 17.1 Å². The average Bonchev–Trinajstić information content (AvgIpc) is 3.47. The van der Waals surface area contributed by atoms with Crippen molar-refractivity contribution < 1.29 is 0 Å². The van der Waals surface area contributed by atoms with Crippen LogP contribution in [0.2, 0.25) is 0 Å². The minimum absolute atomic E-state index is 0.861. The number of rotatable bonds is 13. The van der Waals surface area contributed by atoms with Gasteiger partial charge >= 0.3 is 0 Å². The van der Waals surface area contributed by atoms with Crippen LogP contribution in [0.15, 0.2) is 330 Å². The Labute approximate surface area is 424 Å². The normalized spacial score (nSPS) is 11.6. The number of nitrogens with zero attached hydrogens (tertiary/aromatic N) is 3. The maximum absolute atomic E-state index is 6.11. The summed E-state index contributed by atoms with van der Waals surface area (Å²) in [7, 11) is -7.84. The van der Waals surface area contributed by atoms with E-state index in [2.05, 4.69) is 315 Å². The van der Waals surface area contributed by atoms with Crippen molar-refractivity contribution >= 4 is 86.0 Å². The highest BCUT2D eigenvalue weighted by Gasteiger charge is 2.31. The van der Waals surface area contributed by atoms with E-state index in [1.54, 1.807) is 0 Å². The van der Waals surface area contributed by atoms with Crippen LogP contribution in [0, 0.1) is 0 Å². The molecule has 11 aromatic rings. The Kier molecular flexibility index (Phi) is 13.7. The van der Waals surface area contributed by atoms with E-state index in [0.717, 1.165) is 28.2 Å². The van der Waals surface area contributed by atoms with Gasteiger partial charge in [0.05, 0.1) is 38.2 Å². The van der Waals surface area contributed by atoms with Crippen molar-refractivity contribution in [1.82, 2.24) is 0 Å². The first-order valence-corrected chi connectivity index (χ1v) is 29.5. The van der Waals surface area contributed by atoms with Gasteiger partial charge in [-0.05, 0) is 41.5 Å². The Bertz CT molecular complexity index is 3240. The van der Waals surface area contributed by atoms with E-state index in [4.69, 9.17) is 14.2 Å². The molecule has 0 bridgehead atoms. The largest absolute Gasteiger partial charge is 0.254 e. The molecule has 0 N–H and O–H groups in total. The highest BCUT2D eigenvalue weighted by atomic mass is 31.2. The summed E-state index contributed by atoms with van der Waals surface area (Å²) in [6.07, 6.45) is 0. The van der Waals surface area contributed by atoms with Gasteiger partial charge in [-0.2, -0.15) is 0 Å².